The molecule has 2 aromatic carbocycles. The minimum atomic E-state index is -3.29. The summed E-state index contributed by atoms with van der Waals surface area (Å²) in [6.45, 7) is 4.32. The molecular formula is C20H21NO4S. The molecule has 0 fully saturated rings. The molecule has 1 atom stereocenters. The summed E-state index contributed by atoms with van der Waals surface area (Å²) in [6, 6.07) is 13.9. The molecule has 0 N–H and O–H groups in total. The molecule has 0 aromatic heterocycles. The average Bonchev–Trinajstić information content (AvgIpc) is 2.97. The van der Waals surface area contributed by atoms with Gasteiger partial charge in [-0.15, -0.1) is 0 Å². The third-order valence-electron chi connectivity index (χ3n) is 4.26. The van der Waals surface area contributed by atoms with E-state index < -0.39 is 15.9 Å². The van der Waals surface area contributed by atoms with Crippen molar-refractivity contribution in [1.82, 2.24) is 0 Å². The second-order valence-corrected chi connectivity index (χ2v) is 8.07. The largest absolute Gasteiger partial charge is 0.494 e. The summed E-state index contributed by atoms with van der Waals surface area (Å²) < 4.78 is 29.2. The molecule has 1 amide bonds. The molecule has 0 saturated carbocycles. The van der Waals surface area contributed by atoms with Crippen LogP contribution < -0.4 is 9.64 Å². The Morgan fingerprint density at radius 3 is 2.42 bits per heavy atom. The monoisotopic (exact) mass is 371 g/mol. The molecule has 0 spiro atoms. The van der Waals surface area contributed by atoms with Gasteiger partial charge in [-0.05, 0) is 55.8 Å². The first kappa shape index (κ1) is 18.2. The summed E-state index contributed by atoms with van der Waals surface area (Å²) in [6.07, 6.45) is 1.57. The van der Waals surface area contributed by atoms with E-state index in [1.54, 1.807) is 47.4 Å². The van der Waals surface area contributed by atoms with E-state index in [0.29, 0.717) is 23.6 Å². The van der Waals surface area contributed by atoms with E-state index in [4.69, 9.17) is 4.74 Å². The molecule has 6 heteroatoms. The summed E-state index contributed by atoms with van der Waals surface area (Å²) in [5.74, 6) is 0.366. The average molecular weight is 371 g/mol. The van der Waals surface area contributed by atoms with Gasteiger partial charge >= 0.3 is 0 Å². The molecule has 0 saturated heterocycles. The van der Waals surface area contributed by atoms with Gasteiger partial charge < -0.3 is 9.64 Å². The van der Waals surface area contributed by atoms with Gasteiger partial charge in [-0.3, -0.25) is 4.79 Å². The molecule has 1 heterocycles. The first-order valence-electron chi connectivity index (χ1n) is 8.44. The van der Waals surface area contributed by atoms with E-state index >= 15 is 0 Å². The van der Waals surface area contributed by atoms with E-state index in [2.05, 4.69) is 0 Å². The van der Waals surface area contributed by atoms with Gasteiger partial charge in [0.25, 0.3) is 5.91 Å². The topological polar surface area (TPSA) is 63.7 Å². The van der Waals surface area contributed by atoms with Gasteiger partial charge in [0.05, 0.1) is 18.4 Å². The van der Waals surface area contributed by atoms with Crippen LogP contribution in [0.2, 0.25) is 0 Å². The van der Waals surface area contributed by atoms with Crippen LogP contribution in [0.25, 0.3) is 0 Å². The molecule has 2 aromatic rings. The summed E-state index contributed by atoms with van der Waals surface area (Å²) in [5, 5.41) is 1.18. The number of ether oxygens (including phenoxy) is 1. The lowest BCUT2D eigenvalue weighted by Gasteiger charge is -2.28. The standard InChI is InChI=1S/C20H21NO4S/c1-3-25-18-10-8-16(9-11-18)21(17-12-13-26(23,24)14-17)20(22)19-7-5-4-6-15(19)2/h4-13,17H,3,14H2,1-2H3/t17-/m0/s1. The van der Waals surface area contributed by atoms with E-state index in [-0.39, 0.29) is 11.7 Å². The highest BCUT2D eigenvalue weighted by atomic mass is 32.2. The van der Waals surface area contributed by atoms with Crippen molar-refractivity contribution < 1.29 is 17.9 Å². The number of carbonyl (C=O) groups excluding carboxylic acids is 1. The first-order chi connectivity index (χ1) is 12.4. The van der Waals surface area contributed by atoms with E-state index in [1.807, 2.05) is 26.0 Å². The highest BCUT2D eigenvalue weighted by Gasteiger charge is 2.32. The van der Waals surface area contributed by atoms with Crippen LogP contribution in [0.1, 0.15) is 22.8 Å². The number of aryl methyl sites for hydroxylation is 1. The molecule has 0 unspecified atom stereocenters. The summed E-state index contributed by atoms with van der Waals surface area (Å²) in [4.78, 5) is 14.8. The van der Waals surface area contributed by atoms with Gasteiger partial charge in [0, 0.05) is 16.7 Å². The first-order valence-corrected chi connectivity index (χ1v) is 10.2. The highest BCUT2D eigenvalue weighted by Crippen LogP contribution is 2.27. The van der Waals surface area contributed by atoms with Crippen molar-refractivity contribution in [2.24, 2.45) is 0 Å². The van der Waals surface area contributed by atoms with Crippen LogP contribution in [0.4, 0.5) is 5.69 Å². The number of benzene rings is 2. The second kappa shape index (κ2) is 7.33. The van der Waals surface area contributed by atoms with Gasteiger partial charge in [-0.2, -0.15) is 0 Å². The van der Waals surface area contributed by atoms with Crippen LogP contribution in [-0.2, 0) is 9.84 Å². The molecule has 0 aliphatic carbocycles. The third-order valence-corrected chi connectivity index (χ3v) is 5.64. The Hall–Kier alpha value is -2.60. The summed E-state index contributed by atoms with van der Waals surface area (Å²) >= 11 is 0. The van der Waals surface area contributed by atoms with Crippen molar-refractivity contribution in [3.05, 3.63) is 71.1 Å². The maximum absolute atomic E-state index is 13.2. The Kier molecular flexibility index (Phi) is 5.13. The summed E-state index contributed by atoms with van der Waals surface area (Å²) in [7, 11) is -3.29. The Morgan fingerprint density at radius 2 is 1.85 bits per heavy atom. The molecule has 5 nitrogen and oxygen atoms in total. The quantitative estimate of drug-likeness (QED) is 0.809. The molecule has 1 aliphatic rings. The highest BCUT2D eigenvalue weighted by molar-refractivity contribution is 7.94. The van der Waals surface area contributed by atoms with Crippen LogP contribution in [-0.4, -0.2) is 32.7 Å². The molecule has 136 valence electrons. The smallest absolute Gasteiger partial charge is 0.259 e. The van der Waals surface area contributed by atoms with E-state index in [9.17, 15) is 13.2 Å². The predicted molar refractivity (Wildman–Crippen MR) is 102 cm³/mol. The summed E-state index contributed by atoms with van der Waals surface area (Å²) in [5.41, 5.74) is 2.03. The lowest BCUT2D eigenvalue weighted by molar-refractivity contribution is 0.0982. The third kappa shape index (κ3) is 3.80. The van der Waals surface area contributed by atoms with E-state index in [0.717, 1.165) is 5.56 Å². The normalized spacial score (nSPS) is 17.8. The zero-order valence-corrected chi connectivity index (χ0v) is 15.6. The van der Waals surface area contributed by atoms with Crippen molar-refractivity contribution in [1.29, 1.82) is 0 Å². The molecular weight excluding hydrogens is 350 g/mol. The molecule has 3 rings (SSSR count). The van der Waals surface area contributed by atoms with Crippen molar-refractivity contribution in [3.8, 4) is 5.75 Å². The van der Waals surface area contributed by atoms with Crippen molar-refractivity contribution >= 4 is 21.4 Å². The van der Waals surface area contributed by atoms with Crippen LogP contribution >= 0.6 is 0 Å². The SMILES string of the molecule is CCOc1ccc(N(C(=O)c2ccccc2C)[C@H]2C=CS(=O)(=O)C2)cc1. The number of hydrogen-bond acceptors (Lipinski definition) is 4. The fraction of sp³-hybridized carbons (Fsp3) is 0.250. The van der Waals surface area contributed by atoms with Crippen LogP contribution in [0.3, 0.4) is 0 Å². The molecule has 1 aliphatic heterocycles. The number of hydrogen-bond donors (Lipinski definition) is 0. The van der Waals surface area contributed by atoms with Gasteiger partial charge in [0.1, 0.15) is 5.75 Å². The fourth-order valence-corrected chi connectivity index (χ4v) is 4.26. The number of anilines is 1. The Morgan fingerprint density at radius 1 is 1.15 bits per heavy atom. The van der Waals surface area contributed by atoms with Crippen LogP contribution in [0.5, 0.6) is 5.75 Å². The minimum absolute atomic E-state index is 0.113. The second-order valence-electron chi connectivity index (χ2n) is 6.14. The van der Waals surface area contributed by atoms with Crippen molar-refractivity contribution in [3.63, 3.8) is 0 Å². The fourth-order valence-electron chi connectivity index (χ4n) is 2.99. The number of carbonyl (C=O) groups is 1. The van der Waals surface area contributed by atoms with Gasteiger partial charge in [0.2, 0.25) is 0 Å². The van der Waals surface area contributed by atoms with Crippen molar-refractivity contribution in [2.75, 3.05) is 17.3 Å². The van der Waals surface area contributed by atoms with Crippen LogP contribution in [0, 0.1) is 6.92 Å². The zero-order valence-electron chi connectivity index (χ0n) is 14.8. The number of amides is 1. The maximum atomic E-state index is 13.2. The molecule has 0 radical (unpaired) electrons. The van der Waals surface area contributed by atoms with Gasteiger partial charge in [-0.1, -0.05) is 18.2 Å². The number of sulfone groups is 1. The lowest BCUT2D eigenvalue weighted by atomic mass is 10.1. The Balaban J connectivity index is 2.01. The molecule has 26 heavy (non-hydrogen) atoms. The number of rotatable bonds is 5. The zero-order chi connectivity index (χ0) is 18.7. The van der Waals surface area contributed by atoms with Crippen LogP contribution in [0.15, 0.2) is 60.0 Å². The Bertz CT molecular complexity index is 933. The van der Waals surface area contributed by atoms with Crippen molar-refractivity contribution in [2.45, 2.75) is 19.9 Å². The lowest BCUT2D eigenvalue weighted by Crippen LogP contribution is -2.41. The van der Waals surface area contributed by atoms with Gasteiger partial charge in [0.15, 0.2) is 9.84 Å². The molecule has 0 bridgehead atoms. The Labute approximate surface area is 153 Å². The van der Waals surface area contributed by atoms with Gasteiger partial charge in [-0.25, -0.2) is 8.42 Å². The minimum Gasteiger partial charge on any atom is -0.494 e. The number of nitrogens with zero attached hydrogens (tertiary/aromatic N) is 1. The predicted octanol–water partition coefficient (Wildman–Crippen LogP) is 3.35. The maximum Gasteiger partial charge on any atom is 0.259 e. The van der Waals surface area contributed by atoms with E-state index in [1.165, 1.54) is 5.41 Å².